The summed E-state index contributed by atoms with van der Waals surface area (Å²) in [5.41, 5.74) is 1.48. The van der Waals surface area contributed by atoms with Crippen LogP contribution in [0.4, 0.5) is 0 Å². The van der Waals surface area contributed by atoms with Crippen LogP contribution in [0.3, 0.4) is 0 Å². The van der Waals surface area contributed by atoms with Crippen LogP contribution < -0.4 is 10.1 Å². The number of benzene rings is 1. The Morgan fingerprint density at radius 1 is 1.14 bits per heavy atom. The van der Waals surface area contributed by atoms with E-state index in [0.717, 1.165) is 12.3 Å². The highest BCUT2D eigenvalue weighted by Crippen LogP contribution is 2.32. The van der Waals surface area contributed by atoms with Gasteiger partial charge in [-0.3, -0.25) is 0 Å². The van der Waals surface area contributed by atoms with Crippen LogP contribution in [0.5, 0.6) is 5.75 Å². The molecular weight excluding hydrogens is 258 g/mol. The summed E-state index contributed by atoms with van der Waals surface area (Å²) in [6.45, 7) is 7.54. The molecule has 2 heteroatoms. The maximum atomic E-state index is 5.74. The Labute approximate surface area is 130 Å². The average Bonchev–Trinajstić information content (AvgIpc) is 2.71. The van der Waals surface area contributed by atoms with E-state index in [-0.39, 0.29) is 6.10 Å². The summed E-state index contributed by atoms with van der Waals surface area (Å²) >= 11 is 0. The van der Waals surface area contributed by atoms with Gasteiger partial charge in [-0.1, -0.05) is 31.9 Å². The standard InChI is InChI=1S/C19H31NO/c1-4-13-20-18-8-6-5-7-17(14-18)16-9-11-19(12-10-16)21-15(2)3/h9-12,15,17-18,20H,4-8,13-14H2,1-3H3. The molecule has 0 aromatic heterocycles. The Balaban J connectivity index is 1.98. The average molecular weight is 289 g/mol. The Hall–Kier alpha value is -1.02. The Morgan fingerprint density at radius 2 is 1.86 bits per heavy atom. The molecule has 1 saturated carbocycles. The van der Waals surface area contributed by atoms with E-state index < -0.39 is 0 Å². The zero-order chi connectivity index (χ0) is 15.1. The molecule has 2 nitrogen and oxygen atoms in total. The van der Waals surface area contributed by atoms with Crippen LogP contribution in [0, 0.1) is 0 Å². The zero-order valence-electron chi connectivity index (χ0n) is 13.9. The van der Waals surface area contributed by atoms with Gasteiger partial charge in [0.05, 0.1) is 6.10 Å². The highest BCUT2D eigenvalue weighted by Gasteiger charge is 2.21. The van der Waals surface area contributed by atoms with Crippen molar-refractivity contribution in [2.45, 2.75) is 77.4 Å². The molecule has 2 rings (SSSR count). The Morgan fingerprint density at radius 3 is 2.52 bits per heavy atom. The molecule has 1 N–H and O–H groups in total. The predicted octanol–water partition coefficient (Wildman–Crippen LogP) is 4.89. The van der Waals surface area contributed by atoms with Crippen molar-refractivity contribution in [1.82, 2.24) is 5.32 Å². The van der Waals surface area contributed by atoms with Crippen LogP contribution in [0.2, 0.25) is 0 Å². The van der Waals surface area contributed by atoms with Crippen molar-refractivity contribution < 1.29 is 4.74 Å². The molecule has 0 bridgehead atoms. The van der Waals surface area contributed by atoms with E-state index in [1.54, 1.807) is 0 Å². The van der Waals surface area contributed by atoms with Gasteiger partial charge in [-0.05, 0) is 69.7 Å². The number of nitrogens with one attached hydrogen (secondary N) is 1. The molecule has 1 aromatic carbocycles. The largest absolute Gasteiger partial charge is 0.491 e. The van der Waals surface area contributed by atoms with Gasteiger partial charge >= 0.3 is 0 Å². The lowest BCUT2D eigenvalue weighted by atomic mass is 9.90. The maximum Gasteiger partial charge on any atom is 0.119 e. The summed E-state index contributed by atoms with van der Waals surface area (Å²) in [5.74, 6) is 1.69. The molecule has 0 radical (unpaired) electrons. The lowest BCUT2D eigenvalue weighted by Crippen LogP contribution is -2.30. The number of hydrogen-bond donors (Lipinski definition) is 1. The highest BCUT2D eigenvalue weighted by molar-refractivity contribution is 5.29. The fourth-order valence-electron chi connectivity index (χ4n) is 3.29. The van der Waals surface area contributed by atoms with Gasteiger partial charge in [-0.2, -0.15) is 0 Å². The van der Waals surface area contributed by atoms with Crippen LogP contribution in [0.25, 0.3) is 0 Å². The highest BCUT2D eigenvalue weighted by atomic mass is 16.5. The van der Waals surface area contributed by atoms with E-state index >= 15 is 0 Å². The van der Waals surface area contributed by atoms with Crippen molar-refractivity contribution >= 4 is 0 Å². The van der Waals surface area contributed by atoms with E-state index in [2.05, 4.69) is 50.4 Å². The maximum absolute atomic E-state index is 5.74. The lowest BCUT2D eigenvalue weighted by molar-refractivity contribution is 0.242. The number of rotatable bonds is 6. The first-order chi connectivity index (χ1) is 10.2. The SMILES string of the molecule is CCCNC1CCCCC(c2ccc(OC(C)C)cc2)C1. The van der Waals surface area contributed by atoms with Crippen LogP contribution >= 0.6 is 0 Å². The zero-order valence-corrected chi connectivity index (χ0v) is 13.9. The quantitative estimate of drug-likeness (QED) is 0.753. The minimum Gasteiger partial charge on any atom is -0.491 e. The van der Waals surface area contributed by atoms with E-state index in [1.165, 1.54) is 44.1 Å². The third-order valence-electron chi connectivity index (χ3n) is 4.33. The molecule has 1 aliphatic rings. The monoisotopic (exact) mass is 289 g/mol. The van der Waals surface area contributed by atoms with Crippen molar-refractivity contribution in [3.63, 3.8) is 0 Å². The fourth-order valence-corrected chi connectivity index (χ4v) is 3.29. The van der Waals surface area contributed by atoms with Crippen LogP contribution in [-0.4, -0.2) is 18.7 Å². The predicted molar refractivity (Wildman–Crippen MR) is 90.1 cm³/mol. The molecule has 118 valence electrons. The van der Waals surface area contributed by atoms with Gasteiger partial charge in [-0.25, -0.2) is 0 Å². The van der Waals surface area contributed by atoms with E-state index in [4.69, 9.17) is 4.74 Å². The van der Waals surface area contributed by atoms with Gasteiger partial charge in [0, 0.05) is 6.04 Å². The van der Waals surface area contributed by atoms with Gasteiger partial charge < -0.3 is 10.1 Å². The molecule has 0 saturated heterocycles. The van der Waals surface area contributed by atoms with Crippen molar-refractivity contribution in [2.24, 2.45) is 0 Å². The first-order valence-electron chi connectivity index (χ1n) is 8.69. The smallest absolute Gasteiger partial charge is 0.119 e. The van der Waals surface area contributed by atoms with Crippen molar-refractivity contribution in [3.8, 4) is 5.75 Å². The summed E-state index contributed by atoms with van der Waals surface area (Å²) in [5, 5.41) is 3.72. The molecule has 21 heavy (non-hydrogen) atoms. The molecule has 0 spiro atoms. The molecule has 1 fully saturated rings. The van der Waals surface area contributed by atoms with Gasteiger partial charge in [-0.15, -0.1) is 0 Å². The second-order valence-electron chi connectivity index (χ2n) is 6.60. The fraction of sp³-hybridized carbons (Fsp3) is 0.684. The number of hydrogen-bond acceptors (Lipinski definition) is 2. The molecule has 2 unspecified atom stereocenters. The van der Waals surface area contributed by atoms with Crippen molar-refractivity contribution in [2.75, 3.05) is 6.54 Å². The summed E-state index contributed by atoms with van der Waals surface area (Å²) in [6.07, 6.45) is 8.15. The molecule has 0 amide bonds. The van der Waals surface area contributed by atoms with Gasteiger partial charge in [0.15, 0.2) is 0 Å². The van der Waals surface area contributed by atoms with Crippen LogP contribution in [0.15, 0.2) is 24.3 Å². The van der Waals surface area contributed by atoms with Crippen molar-refractivity contribution in [1.29, 1.82) is 0 Å². The minimum absolute atomic E-state index is 0.247. The topological polar surface area (TPSA) is 21.3 Å². The molecule has 1 aromatic rings. The van der Waals surface area contributed by atoms with Crippen LogP contribution in [-0.2, 0) is 0 Å². The van der Waals surface area contributed by atoms with E-state index in [1.807, 2.05) is 0 Å². The summed E-state index contributed by atoms with van der Waals surface area (Å²) < 4.78 is 5.74. The molecule has 0 aliphatic heterocycles. The third-order valence-corrected chi connectivity index (χ3v) is 4.33. The van der Waals surface area contributed by atoms with E-state index in [9.17, 15) is 0 Å². The molecular formula is C19H31NO. The van der Waals surface area contributed by atoms with E-state index in [0.29, 0.717) is 12.0 Å². The van der Waals surface area contributed by atoms with Crippen molar-refractivity contribution in [3.05, 3.63) is 29.8 Å². The Kier molecular flexibility index (Phi) is 6.56. The van der Waals surface area contributed by atoms with Gasteiger partial charge in [0.1, 0.15) is 5.75 Å². The molecule has 1 aliphatic carbocycles. The summed E-state index contributed by atoms with van der Waals surface area (Å²) in [4.78, 5) is 0. The van der Waals surface area contributed by atoms with Crippen LogP contribution in [0.1, 0.15) is 70.8 Å². The summed E-state index contributed by atoms with van der Waals surface area (Å²) in [7, 11) is 0. The van der Waals surface area contributed by atoms with Gasteiger partial charge in [0.25, 0.3) is 0 Å². The molecule has 0 heterocycles. The van der Waals surface area contributed by atoms with Gasteiger partial charge in [0.2, 0.25) is 0 Å². The second kappa shape index (κ2) is 8.43. The number of ether oxygens (including phenoxy) is 1. The second-order valence-corrected chi connectivity index (χ2v) is 6.60. The normalized spacial score (nSPS) is 23.0. The lowest BCUT2D eigenvalue weighted by Gasteiger charge is -2.22. The first-order valence-corrected chi connectivity index (χ1v) is 8.69. The summed E-state index contributed by atoms with van der Waals surface area (Å²) in [6, 6.07) is 9.50. The third kappa shape index (κ3) is 5.35. The Bertz CT molecular complexity index is 399. The first kappa shape index (κ1) is 16.4. The molecule has 2 atom stereocenters. The minimum atomic E-state index is 0.247.